The smallest absolute Gasteiger partial charge is 0.253 e. The lowest BCUT2D eigenvalue weighted by Gasteiger charge is -2.30. The van der Waals surface area contributed by atoms with E-state index in [-0.39, 0.29) is 29.2 Å². The quantitative estimate of drug-likeness (QED) is 0.450. The number of imidazole rings is 1. The molecule has 1 saturated carbocycles. The number of aromatic amines is 1. The van der Waals surface area contributed by atoms with Gasteiger partial charge in [-0.3, -0.25) is 4.79 Å². The molecule has 2 aromatic rings. The Balaban J connectivity index is 1.39. The Morgan fingerprint density at radius 2 is 1.82 bits per heavy atom. The highest BCUT2D eigenvalue weighted by Crippen LogP contribution is 2.35. The summed E-state index contributed by atoms with van der Waals surface area (Å²) in [6, 6.07) is 2.91. The number of halogens is 1. The number of hydrogen-bond acceptors (Lipinski definition) is 7. The average molecular weight is 578 g/mol. The molecule has 2 aliphatic heterocycles. The van der Waals surface area contributed by atoms with E-state index in [0.29, 0.717) is 42.8 Å². The molecule has 0 radical (unpaired) electrons. The highest BCUT2D eigenvalue weighted by atomic mass is 32.2. The molecule has 1 unspecified atom stereocenters. The summed E-state index contributed by atoms with van der Waals surface area (Å²) in [7, 11) is -3.25. The molecule has 0 bridgehead atoms. The maximum absolute atomic E-state index is 15.7. The van der Waals surface area contributed by atoms with Gasteiger partial charge in [0.15, 0.2) is 11.6 Å². The summed E-state index contributed by atoms with van der Waals surface area (Å²) >= 11 is 0. The molecule has 5 rings (SSSR count). The van der Waals surface area contributed by atoms with Crippen LogP contribution in [0.5, 0.6) is 5.75 Å². The van der Waals surface area contributed by atoms with Crippen LogP contribution in [0.1, 0.15) is 83.5 Å². The lowest BCUT2D eigenvalue weighted by atomic mass is 9.85. The Kier molecular flexibility index (Phi) is 8.40. The molecule has 1 amide bonds. The van der Waals surface area contributed by atoms with E-state index in [0.717, 1.165) is 38.5 Å². The van der Waals surface area contributed by atoms with Crippen molar-refractivity contribution >= 4 is 27.0 Å². The van der Waals surface area contributed by atoms with Crippen molar-refractivity contribution in [1.82, 2.24) is 25.1 Å². The minimum atomic E-state index is -3.25. The third kappa shape index (κ3) is 6.28. The first kappa shape index (κ1) is 28.8. The molecule has 1 atom stereocenters. The Hall–Kier alpha value is -2.70. The van der Waals surface area contributed by atoms with Crippen molar-refractivity contribution in [3.8, 4) is 5.75 Å². The van der Waals surface area contributed by atoms with Crippen molar-refractivity contribution in [1.29, 1.82) is 0 Å². The topological polar surface area (TPSA) is 126 Å². The van der Waals surface area contributed by atoms with Gasteiger partial charge in [0.05, 0.1) is 28.9 Å². The van der Waals surface area contributed by atoms with E-state index in [1.54, 1.807) is 12.1 Å². The van der Waals surface area contributed by atoms with Gasteiger partial charge in [0, 0.05) is 13.1 Å². The van der Waals surface area contributed by atoms with Crippen molar-refractivity contribution in [2.45, 2.75) is 89.3 Å². The van der Waals surface area contributed by atoms with Gasteiger partial charge in [0.2, 0.25) is 10.0 Å². The van der Waals surface area contributed by atoms with Gasteiger partial charge in [-0.1, -0.05) is 32.1 Å². The molecule has 3 heterocycles. The molecule has 2 fully saturated rings. The zero-order valence-corrected chi connectivity index (χ0v) is 24.3. The van der Waals surface area contributed by atoms with Crippen LogP contribution >= 0.6 is 0 Å². The van der Waals surface area contributed by atoms with E-state index < -0.39 is 27.4 Å². The monoisotopic (exact) mass is 577 g/mol. The van der Waals surface area contributed by atoms with Gasteiger partial charge in [-0.05, 0) is 57.6 Å². The number of sulfonamides is 1. The summed E-state index contributed by atoms with van der Waals surface area (Å²) in [6.45, 7) is 4.44. The third-order valence-corrected chi connectivity index (χ3v) is 9.65. The van der Waals surface area contributed by atoms with Gasteiger partial charge in [-0.15, -0.1) is 5.48 Å². The molecule has 220 valence electrons. The van der Waals surface area contributed by atoms with E-state index in [2.05, 4.69) is 20.8 Å². The van der Waals surface area contributed by atoms with Crippen LogP contribution < -0.4 is 15.5 Å². The number of benzene rings is 1. The number of carbonyl (C=O) groups excluding carboxylic acids is 1. The summed E-state index contributed by atoms with van der Waals surface area (Å²) < 4.78 is 46.7. The van der Waals surface area contributed by atoms with Crippen molar-refractivity contribution in [2.75, 3.05) is 19.3 Å². The Morgan fingerprint density at radius 1 is 1.15 bits per heavy atom. The molecular weight excluding hydrogens is 537 g/mol. The average Bonchev–Trinajstić information content (AvgIpc) is 3.47. The maximum Gasteiger partial charge on any atom is 0.253 e. The molecular formula is C28H40FN5O5S. The fourth-order valence-electron chi connectivity index (χ4n) is 5.97. The number of nitrogens with zero attached hydrogens (tertiary/aromatic N) is 2. The van der Waals surface area contributed by atoms with Crippen LogP contribution in [-0.4, -0.2) is 59.6 Å². The van der Waals surface area contributed by atoms with Gasteiger partial charge in [0.1, 0.15) is 23.7 Å². The minimum Gasteiger partial charge on any atom is -0.487 e. The zero-order chi connectivity index (χ0) is 28.5. The van der Waals surface area contributed by atoms with E-state index in [1.807, 2.05) is 13.8 Å². The fraction of sp³-hybridized carbons (Fsp3) is 0.643. The number of amides is 1. The number of carbonyl (C=O) groups is 1. The number of fused-ring (bicyclic) bond motifs is 1. The largest absolute Gasteiger partial charge is 0.487 e. The van der Waals surface area contributed by atoms with E-state index in [1.165, 1.54) is 23.2 Å². The summed E-state index contributed by atoms with van der Waals surface area (Å²) in [5.74, 6) is -0.0340. The zero-order valence-electron chi connectivity index (χ0n) is 23.5. The Bertz CT molecular complexity index is 1360. The lowest BCUT2D eigenvalue weighted by Crippen LogP contribution is -2.43. The van der Waals surface area contributed by atoms with Crippen LogP contribution in [0, 0.1) is 11.7 Å². The Labute approximate surface area is 235 Å². The number of ether oxygens (including phenoxy) is 1. The number of nitrogens with one attached hydrogen (secondary N) is 3. The first-order valence-corrected chi connectivity index (χ1v) is 16.1. The summed E-state index contributed by atoms with van der Waals surface area (Å²) in [5.41, 5.74) is 3.39. The van der Waals surface area contributed by atoms with Crippen LogP contribution in [-0.2, 0) is 19.7 Å². The molecule has 12 heteroatoms. The third-order valence-electron chi connectivity index (χ3n) is 8.35. The number of hydroxylamine groups is 1. The first-order chi connectivity index (χ1) is 19.0. The molecule has 0 spiro atoms. The lowest BCUT2D eigenvalue weighted by molar-refractivity contribution is -0.119. The van der Waals surface area contributed by atoms with Gasteiger partial charge in [-0.2, -0.15) is 0 Å². The summed E-state index contributed by atoms with van der Waals surface area (Å²) in [6.07, 6.45) is 10.9. The fourth-order valence-corrected chi connectivity index (χ4v) is 6.84. The molecule has 40 heavy (non-hydrogen) atoms. The molecule has 3 N–H and O–H groups in total. The van der Waals surface area contributed by atoms with E-state index in [4.69, 9.17) is 9.57 Å². The second kappa shape index (κ2) is 11.7. The van der Waals surface area contributed by atoms with Crippen molar-refractivity contribution in [3.05, 3.63) is 35.6 Å². The standard InChI is InChI=1S/C28H40FN5O5S/c1-28(2)20(17-38-33-28)27(35)32-24(18-9-7-5-4-6-8-10-18)26-30-21-11-12-22(23(29)25(21)31-26)39-19-13-15-34(16-14-19)40(3,36)37/h11-12,17-19,24,33H,4-10,13-16H2,1-3H3,(H,30,31)(H,32,35). The van der Waals surface area contributed by atoms with Crippen molar-refractivity contribution in [3.63, 3.8) is 0 Å². The number of rotatable bonds is 7. The molecule has 1 aromatic heterocycles. The van der Waals surface area contributed by atoms with Crippen molar-refractivity contribution < 1.29 is 27.2 Å². The van der Waals surface area contributed by atoms with Gasteiger partial charge >= 0.3 is 0 Å². The second-order valence-corrected chi connectivity index (χ2v) is 13.8. The Morgan fingerprint density at radius 3 is 2.45 bits per heavy atom. The molecule has 1 saturated heterocycles. The summed E-state index contributed by atoms with van der Waals surface area (Å²) in [5, 5.41) is 3.20. The minimum absolute atomic E-state index is 0.0935. The van der Waals surface area contributed by atoms with Crippen molar-refractivity contribution in [2.24, 2.45) is 5.92 Å². The number of piperidine rings is 1. The second-order valence-electron chi connectivity index (χ2n) is 11.8. The van der Waals surface area contributed by atoms with E-state index in [9.17, 15) is 13.2 Å². The predicted molar refractivity (Wildman–Crippen MR) is 149 cm³/mol. The molecule has 3 aliphatic rings. The predicted octanol–water partition coefficient (Wildman–Crippen LogP) is 4.22. The van der Waals surface area contributed by atoms with Gasteiger partial charge in [0.25, 0.3) is 5.91 Å². The van der Waals surface area contributed by atoms with Crippen LogP contribution in [0.3, 0.4) is 0 Å². The normalized spacial score (nSPS) is 22.2. The van der Waals surface area contributed by atoms with Crippen LogP contribution in [0.25, 0.3) is 11.0 Å². The van der Waals surface area contributed by atoms with E-state index >= 15 is 4.39 Å². The van der Waals surface area contributed by atoms with Crippen LogP contribution in [0.2, 0.25) is 0 Å². The van der Waals surface area contributed by atoms with Crippen LogP contribution in [0.15, 0.2) is 24.0 Å². The van der Waals surface area contributed by atoms with Gasteiger partial charge in [-0.25, -0.2) is 22.1 Å². The summed E-state index contributed by atoms with van der Waals surface area (Å²) in [4.78, 5) is 26.6. The number of hydrogen-bond donors (Lipinski definition) is 3. The molecule has 10 nitrogen and oxygen atoms in total. The first-order valence-electron chi connectivity index (χ1n) is 14.3. The maximum atomic E-state index is 15.7. The highest BCUT2D eigenvalue weighted by molar-refractivity contribution is 7.88. The number of aromatic nitrogens is 2. The number of H-pyrrole nitrogens is 1. The molecule has 1 aliphatic carbocycles. The van der Waals surface area contributed by atoms with Crippen LogP contribution in [0.4, 0.5) is 4.39 Å². The highest BCUT2D eigenvalue weighted by Gasteiger charge is 2.37. The molecule has 1 aromatic carbocycles. The SMILES string of the molecule is CC1(C)NOC=C1C(=O)NC(c1nc2c(F)c(OC3CCN(S(C)(=O)=O)CC3)ccc2[nH]1)C1CCCCCCC1. The van der Waals surface area contributed by atoms with Gasteiger partial charge < -0.3 is 19.9 Å².